The molecule has 0 saturated carbocycles. The monoisotopic (exact) mass is 687 g/mol. The lowest BCUT2D eigenvalue weighted by molar-refractivity contribution is -0.140. The third-order valence-electron chi connectivity index (χ3n) is 7.22. The Balaban J connectivity index is 1.30. The molecular weight excluding hydrogens is 662 g/mol. The summed E-state index contributed by atoms with van der Waals surface area (Å²) in [7, 11) is 0. The Bertz CT molecular complexity index is 1940. The number of aliphatic hydroxyl groups is 1. The molecule has 1 aliphatic heterocycles. The van der Waals surface area contributed by atoms with E-state index in [1.807, 2.05) is 42.5 Å². The molecule has 0 saturated heterocycles. The molecule has 6 rings (SSSR count). The molecule has 0 amide bonds. The number of aliphatic carboxylic acids is 1. The van der Waals surface area contributed by atoms with Crippen molar-refractivity contribution in [2.45, 2.75) is 25.8 Å². The quantitative estimate of drug-likeness (QED) is 0.168. The molecule has 3 N–H and O–H groups in total. The van der Waals surface area contributed by atoms with Gasteiger partial charge in [-0.25, -0.2) is 9.61 Å². The molecule has 2 aromatic heterocycles. The number of carbonyl (C=O) groups is 1. The summed E-state index contributed by atoms with van der Waals surface area (Å²) in [5.41, 5.74) is 4.67. The van der Waals surface area contributed by atoms with Crippen molar-refractivity contribution in [1.29, 1.82) is 5.26 Å². The maximum Gasteiger partial charge on any atom is 0.323 e. The van der Waals surface area contributed by atoms with Crippen LogP contribution in [0.2, 0.25) is 0 Å². The minimum absolute atomic E-state index is 0.0409. The highest BCUT2D eigenvalue weighted by molar-refractivity contribution is 9.10. The van der Waals surface area contributed by atoms with Crippen molar-refractivity contribution in [2.75, 3.05) is 19.8 Å². The summed E-state index contributed by atoms with van der Waals surface area (Å²) in [6, 6.07) is 17.3. The first kappa shape index (κ1) is 30.8. The Hall–Kier alpha value is -5.23. The number of hydrogen-bond acceptors (Lipinski definition) is 12. The number of ether oxygens (including phenoxy) is 4. The van der Waals surface area contributed by atoms with E-state index in [0.29, 0.717) is 58.4 Å². The Labute approximate surface area is 270 Å². The van der Waals surface area contributed by atoms with E-state index in [1.54, 1.807) is 18.2 Å². The fourth-order valence-corrected chi connectivity index (χ4v) is 5.48. The molecule has 5 aromatic rings. The van der Waals surface area contributed by atoms with Crippen molar-refractivity contribution in [1.82, 2.24) is 20.6 Å². The Morgan fingerprint density at radius 3 is 2.63 bits per heavy atom. The van der Waals surface area contributed by atoms with Gasteiger partial charge in [-0.2, -0.15) is 5.26 Å². The van der Waals surface area contributed by atoms with E-state index in [9.17, 15) is 20.3 Å². The van der Waals surface area contributed by atoms with E-state index in [2.05, 4.69) is 36.5 Å². The molecule has 13 nitrogen and oxygen atoms in total. The molecule has 3 heterocycles. The van der Waals surface area contributed by atoms with Crippen LogP contribution in [0.3, 0.4) is 0 Å². The van der Waals surface area contributed by atoms with Crippen molar-refractivity contribution in [2.24, 2.45) is 0 Å². The van der Waals surface area contributed by atoms with Crippen LogP contribution in [-0.2, 0) is 24.6 Å². The smallest absolute Gasteiger partial charge is 0.323 e. The second kappa shape index (κ2) is 13.8. The van der Waals surface area contributed by atoms with Crippen molar-refractivity contribution in [3.63, 3.8) is 0 Å². The van der Waals surface area contributed by atoms with E-state index in [-0.39, 0.29) is 25.5 Å². The largest absolute Gasteiger partial charge is 0.488 e. The van der Waals surface area contributed by atoms with Crippen LogP contribution in [0.4, 0.5) is 0 Å². The zero-order chi connectivity index (χ0) is 32.0. The molecule has 14 heteroatoms. The Morgan fingerprint density at radius 1 is 1.02 bits per heavy atom. The zero-order valence-corrected chi connectivity index (χ0v) is 25.7. The van der Waals surface area contributed by atoms with Gasteiger partial charge in [0.15, 0.2) is 22.8 Å². The number of aromatic nitrogens is 3. The fourth-order valence-electron chi connectivity index (χ4n) is 4.87. The van der Waals surface area contributed by atoms with Crippen LogP contribution in [0.15, 0.2) is 69.9 Å². The number of benzene rings is 3. The summed E-state index contributed by atoms with van der Waals surface area (Å²) in [4.78, 5) is 15.5. The van der Waals surface area contributed by atoms with Gasteiger partial charge in [0.1, 0.15) is 55.5 Å². The van der Waals surface area contributed by atoms with Crippen molar-refractivity contribution >= 4 is 32.9 Å². The Kier molecular flexibility index (Phi) is 9.25. The van der Waals surface area contributed by atoms with E-state index in [1.165, 1.54) is 6.20 Å². The van der Waals surface area contributed by atoms with Gasteiger partial charge in [-0.05, 0) is 67.2 Å². The lowest BCUT2D eigenvalue weighted by atomic mass is 10.0. The fraction of sp³-hybridized carbons (Fsp3) is 0.219. The number of nitrogens with one attached hydrogen (secondary N) is 1. The number of pyridine rings is 1. The first-order valence-corrected chi connectivity index (χ1v) is 14.9. The minimum atomic E-state index is -1.23. The molecule has 0 aliphatic carbocycles. The molecule has 0 bridgehead atoms. The number of rotatable bonds is 12. The van der Waals surface area contributed by atoms with E-state index >= 15 is 0 Å². The highest BCUT2D eigenvalue weighted by Crippen LogP contribution is 2.39. The number of aliphatic hydroxyl groups excluding tert-OH is 1. The summed E-state index contributed by atoms with van der Waals surface area (Å²) in [5, 5.41) is 39.1. The van der Waals surface area contributed by atoms with E-state index in [4.69, 9.17) is 23.6 Å². The van der Waals surface area contributed by atoms with Gasteiger partial charge in [0.25, 0.3) is 0 Å². The van der Waals surface area contributed by atoms with Gasteiger partial charge < -0.3 is 29.2 Å². The first-order valence-electron chi connectivity index (χ1n) is 14.1. The van der Waals surface area contributed by atoms with Gasteiger partial charge in [0.05, 0.1) is 6.61 Å². The summed E-state index contributed by atoms with van der Waals surface area (Å²) in [6.07, 6.45) is 1.51. The highest BCUT2D eigenvalue weighted by Gasteiger charge is 2.23. The third kappa shape index (κ3) is 6.57. The molecule has 0 radical (unpaired) electrons. The molecule has 46 heavy (non-hydrogen) atoms. The number of fused-ring (bicyclic) bond motifs is 2. The minimum Gasteiger partial charge on any atom is -0.488 e. The number of halogens is 1. The average Bonchev–Trinajstić information content (AvgIpc) is 3.58. The molecule has 1 aliphatic rings. The van der Waals surface area contributed by atoms with Crippen molar-refractivity contribution in [3.8, 4) is 40.2 Å². The van der Waals surface area contributed by atoms with Crippen LogP contribution in [0.5, 0.6) is 23.0 Å². The number of carboxylic acid groups (broad SMARTS) is 1. The van der Waals surface area contributed by atoms with Gasteiger partial charge in [-0.15, -0.1) is 0 Å². The SMILES string of the molecule is N#Cc1cc(COc2cc(OCc3cccc(-c4ccc5c(c4)OCCO5)c3Br)c3nonc3c2CN[C@H](CO)C(=O)O)ccn1. The lowest BCUT2D eigenvalue weighted by Crippen LogP contribution is -2.39. The summed E-state index contributed by atoms with van der Waals surface area (Å²) < 4.78 is 29.7. The molecular formula is C32H26BrN5O8. The molecule has 0 unspecified atom stereocenters. The number of hydrogen-bond donors (Lipinski definition) is 3. The number of nitrogens with zero attached hydrogens (tertiary/aromatic N) is 4. The second-order valence-corrected chi connectivity index (χ2v) is 10.9. The molecule has 0 fully saturated rings. The van der Waals surface area contributed by atoms with Gasteiger partial charge in [0, 0.05) is 34.4 Å². The summed E-state index contributed by atoms with van der Waals surface area (Å²) in [6.45, 7) is 0.536. The second-order valence-electron chi connectivity index (χ2n) is 10.1. The van der Waals surface area contributed by atoms with Gasteiger partial charge in [-0.1, -0.05) is 24.3 Å². The predicted octanol–water partition coefficient (Wildman–Crippen LogP) is 4.38. The van der Waals surface area contributed by atoms with Gasteiger partial charge >= 0.3 is 5.97 Å². The van der Waals surface area contributed by atoms with Crippen LogP contribution >= 0.6 is 15.9 Å². The lowest BCUT2D eigenvalue weighted by Gasteiger charge is -2.19. The number of carboxylic acids is 1. The van der Waals surface area contributed by atoms with E-state index in [0.717, 1.165) is 21.2 Å². The Morgan fingerprint density at radius 2 is 1.83 bits per heavy atom. The first-order chi connectivity index (χ1) is 22.4. The standard InChI is InChI=1S/C32H26BrN5O8/c33-29-20(2-1-3-22(29)19-4-5-25-27(11-19)43-9-8-42-25)17-45-28-12-26(44-16-18-6-7-35-21(10-18)13-34)23(30-31(28)38-46-37-30)14-36-24(15-39)32(40)41/h1-7,10-12,24,36,39H,8-9,14-17H2,(H,40,41)/t24-/m1/s1. The normalized spacial score (nSPS) is 12.8. The van der Waals surface area contributed by atoms with Crippen LogP contribution in [0.25, 0.3) is 22.2 Å². The molecule has 1 atom stereocenters. The highest BCUT2D eigenvalue weighted by atomic mass is 79.9. The summed E-state index contributed by atoms with van der Waals surface area (Å²) in [5.74, 6) is 0.800. The topological polar surface area (TPSA) is 182 Å². The zero-order valence-electron chi connectivity index (χ0n) is 24.1. The van der Waals surface area contributed by atoms with Crippen LogP contribution in [-0.4, -0.2) is 57.3 Å². The van der Waals surface area contributed by atoms with Gasteiger partial charge in [-0.3, -0.25) is 10.1 Å². The number of nitriles is 1. The van der Waals surface area contributed by atoms with E-state index < -0.39 is 18.6 Å². The van der Waals surface area contributed by atoms with Crippen LogP contribution in [0.1, 0.15) is 22.4 Å². The van der Waals surface area contributed by atoms with Crippen molar-refractivity contribution < 1.29 is 38.6 Å². The van der Waals surface area contributed by atoms with Gasteiger partial charge in [0.2, 0.25) is 0 Å². The third-order valence-corrected chi connectivity index (χ3v) is 8.16. The predicted molar refractivity (Wildman–Crippen MR) is 165 cm³/mol. The van der Waals surface area contributed by atoms with Crippen LogP contribution < -0.4 is 24.3 Å². The van der Waals surface area contributed by atoms with Crippen molar-refractivity contribution in [3.05, 3.63) is 87.7 Å². The summed E-state index contributed by atoms with van der Waals surface area (Å²) >= 11 is 3.74. The maximum atomic E-state index is 11.5. The average molecular weight is 688 g/mol. The molecule has 3 aromatic carbocycles. The molecule has 234 valence electrons. The maximum absolute atomic E-state index is 11.5. The van der Waals surface area contributed by atoms with Crippen LogP contribution in [0, 0.1) is 11.3 Å². The molecule has 0 spiro atoms.